The van der Waals surface area contributed by atoms with E-state index in [4.69, 9.17) is 15.6 Å². The van der Waals surface area contributed by atoms with E-state index in [0.717, 1.165) is 89.2 Å². The van der Waals surface area contributed by atoms with Gasteiger partial charge in [-0.3, -0.25) is 4.90 Å². The molecule has 1 aromatic carbocycles. The Morgan fingerprint density at radius 2 is 1.77 bits per heavy atom. The predicted octanol–water partition coefficient (Wildman–Crippen LogP) is 0.0572. The van der Waals surface area contributed by atoms with Gasteiger partial charge in [-0.2, -0.15) is 0 Å². The molecule has 0 aliphatic carbocycles. The number of aliphatic hydroxyl groups excluding tert-OH is 1. The first-order chi connectivity index (χ1) is 12.8. The van der Waals surface area contributed by atoms with Crippen LogP contribution in [0.25, 0.3) is 0 Å². The molecule has 2 heterocycles. The molecule has 1 fully saturated rings. The second-order valence-corrected chi connectivity index (χ2v) is 7.07. The van der Waals surface area contributed by atoms with Crippen molar-refractivity contribution in [2.75, 3.05) is 89.3 Å². The predicted molar refractivity (Wildman–Crippen MR) is 106 cm³/mol. The summed E-state index contributed by atoms with van der Waals surface area (Å²) in [4.78, 5) is 7.23. The zero-order valence-electron chi connectivity index (χ0n) is 15.7. The monoisotopic (exact) mass is 363 g/mol. The van der Waals surface area contributed by atoms with Gasteiger partial charge in [0.2, 0.25) is 0 Å². The Balaban J connectivity index is 1.28. The molecule has 0 aromatic heterocycles. The van der Waals surface area contributed by atoms with Gasteiger partial charge in [-0.15, -0.1) is 0 Å². The minimum atomic E-state index is 0.269. The molecule has 1 saturated heterocycles. The van der Waals surface area contributed by atoms with E-state index < -0.39 is 0 Å². The summed E-state index contributed by atoms with van der Waals surface area (Å²) >= 11 is 0. The molecule has 146 valence electrons. The number of fused-ring (bicyclic) bond motifs is 1. The summed E-state index contributed by atoms with van der Waals surface area (Å²) in [6.45, 7) is 11.3. The van der Waals surface area contributed by atoms with Gasteiger partial charge < -0.3 is 30.7 Å². The number of nitrogen functional groups attached to an aromatic ring is 1. The first-order valence-electron chi connectivity index (χ1n) is 9.80. The SMILES string of the molecule is Nc1ccc2c(c1)OCCN2CCNCCCN1CCN(CCO)CC1. The highest BCUT2D eigenvalue weighted by Crippen LogP contribution is 2.32. The molecule has 2 aliphatic rings. The van der Waals surface area contributed by atoms with Gasteiger partial charge in [-0.05, 0) is 31.6 Å². The highest BCUT2D eigenvalue weighted by atomic mass is 16.5. The highest BCUT2D eigenvalue weighted by Gasteiger charge is 2.18. The smallest absolute Gasteiger partial charge is 0.144 e. The lowest BCUT2D eigenvalue weighted by atomic mass is 10.2. The maximum atomic E-state index is 8.99. The van der Waals surface area contributed by atoms with Gasteiger partial charge in [0, 0.05) is 57.6 Å². The van der Waals surface area contributed by atoms with Crippen molar-refractivity contribution in [1.82, 2.24) is 15.1 Å². The Morgan fingerprint density at radius 3 is 2.54 bits per heavy atom. The Morgan fingerprint density at radius 1 is 1.00 bits per heavy atom. The van der Waals surface area contributed by atoms with Crippen molar-refractivity contribution in [3.8, 4) is 5.75 Å². The Kier molecular flexibility index (Phi) is 7.37. The summed E-state index contributed by atoms with van der Waals surface area (Å²) in [6.07, 6.45) is 1.18. The molecule has 3 rings (SSSR count). The molecule has 2 aliphatic heterocycles. The van der Waals surface area contributed by atoms with Crippen molar-refractivity contribution >= 4 is 11.4 Å². The summed E-state index contributed by atoms with van der Waals surface area (Å²) < 4.78 is 5.70. The Hall–Kier alpha value is -1.54. The van der Waals surface area contributed by atoms with Crippen LogP contribution in [0.5, 0.6) is 5.75 Å². The van der Waals surface area contributed by atoms with Crippen molar-refractivity contribution in [1.29, 1.82) is 0 Å². The van der Waals surface area contributed by atoms with Crippen molar-refractivity contribution < 1.29 is 9.84 Å². The van der Waals surface area contributed by atoms with Crippen LogP contribution in [0.2, 0.25) is 0 Å². The molecule has 0 unspecified atom stereocenters. The van der Waals surface area contributed by atoms with Crippen LogP contribution in [0.3, 0.4) is 0 Å². The summed E-state index contributed by atoms with van der Waals surface area (Å²) in [6, 6.07) is 5.91. The first-order valence-corrected chi connectivity index (χ1v) is 9.80. The van der Waals surface area contributed by atoms with E-state index in [-0.39, 0.29) is 6.61 Å². The summed E-state index contributed by atoms with van der Waals surface area (Å²) in [5.41, 5.74) is 7.73. The van der Waals surface area contributed by atoms with Gasteiger partial charge in [-0.25, -0.2) is 0 Å². The number of benzene rings is 1. The highest BCUT2D eigenvalue weighted by molar-refractivity contribution is 5.65. The molecule has 0 spiro atoms. The lowest BCUT2D eigenvalue weighted by molar-refractivity contribution is 0.112. The number of ether oxygens (including phenoxy) is 1. The van der Waals surface area contributed by atoms with Crippen LogP contribution in [-0.2, 0) is 0 Å². The van der Waals surface area contributed by atoms with E-state index in [1.165, 1.54) is 6.42 Å². The van der Waals surface area contributed by atoms with Crippen molar-refractivity contribution in [3.63, 3.8) is 0 Å². The van der Waals surface area contributed by atoms with Gasteiger partial charge in [0.05, 0.1) is 18.8 Å². The fourth-order valence-corrected chi connectivity index (χ4v) is 3.67. The number of nitrogens with one attached hydrogen (secondary N) is 1. The maximum Gasteiger partial charge on any atom is 0.144 e. The zero-order chi connectivity index (χ0) is 18.2. The number of piperazine rings is 1. The summed E-state index contributed by atoms with van der Waals surface area (Å²) in [5, 5.41) is 12.6. The molecule has 7 heteroatoms. The Labute approximate surface area is 156 Å². The third kappa shape index (κ3) is 5.48. The van der Waals surface area contributed by atoms with Crippen molar-refractivity contribution in [2.24, 2.45) is 0 Å². The number of aliphatic hydroxyl groups is 1. The number of hydrogen-bond acceptors (Lipinski definition) is 7. The van der Waals surface area contributed by atoms with Crippen LogP contribution in [0.4, 0.5) is 11.4 Å². The molecule has 0 amide bonds. The van der Waals surface area contributed by atoms with Gasteiger partial charge in [0.25, 0.3) is 0 Å². The number of nitrogens with two attached hydrogens (primary N) is 1. The topological polar surface area (TPSA) is 77.2 Å². The average molecular weight is 364 g/mol. The normalized spacial score (nSPS) is 18.6. The molecule has 0 bridgehead atoms. The molecule has 0 radical (unpaired) electrons. The number of hydrogen-bond donors (Lipinski definition) is 3. The first kappa shape index (κ1) is 19.2. The number of anilines is 2. The summed E-state index contributed by atoms with van der Waals surface area (Å²) in [5.74, 6) is 0.900. The van der Waals surface area contributed by atoms with Crippen LogP contribution in [0.1, 0.15) is 6.42 Å². The zero-order valence-corrected chi connectivity index (χ0v) is 15.7. The van der Waals surface area contributed by atoms with E-state index in [2.05, 4.69) is 26.1 Å². The average Bonchev–Trinajstić information content (AvgIpc) is 2.66. The standard InChI is InChI=1S/C19H33N5O2/c20-17-2-3-18-19(16-17)26-15-13-24(18)7-5-21-4-1-6-22-8-10-23(11-9-22)12-14-25/h2-3,16,21,25H,1,4-15,20H2. The maximum absolute atomic E-state index is 8.99. The second kappa shape index (κ2) is 9.97. The number of rotatable bonds is 9. The van der Waals surface area contributed by atoms with E-state index >= 15 is 0 Å². The molecule has 1 aromatic rings. The molecule has 26 heavy (non-hydrogen) atoms. The van der Waals surface area contributed by atoms with E-state index in [1.807, 2.05) is 12.1 Å². The molecular formula is C19H33N5O2. The number of β-amino-alcohol motifs (C(OH)–C–C–N with tert-alkyl or cyclic N) is 1. The Bertz CT molecular complexity index is 549. The van der Waals surface area contributed by atoms with E-state index in [0.29, 0.717) is 0 Å². The van der Waals surface area contributed by atoms with Crippen molar-refractivity contribution in [2.45, 2.75) is 6.42 Å². The van der Waals surface area contributed by atoms with Gasteiger partial charge >= 0.3 is 0 Å². The lowest BCUT2D eigenvalue weighted by Gasteiger charge is -2.34. The summed E-state index contributed by atoms with van der Waals surface area (Å²) in [7, 11) is 0. The molecule has 0 atom stereocenters. The molecule has 7 nitrogen and oxygen atoms in total. The van der Waals surface area contributed by atoms with Gasteiger partial charge in [0.1, 0.15) is 12.4 Å². The van der Waals surface area contributed by atoms with Crippen LogP contribution in [0, 0.1) is 0 Å². The fraction of sp³-hybridized carbons (Fsp3) is 0.684. The largest absolute Gasteiger partial charge is 0.489 e. The van der Waals surface area contributed by atoms with Crippen LogP contribution in [0.15, 0.2) is 18.2 Å². The van der Waals surface area contributed by atoms with Crippen LogP contribution >= 0.6 is 0 Å². The van der Waals surface area contributed by atoms with E-state index in [9.17, 15) is 0 Å². The van der Waals surface area contributed by atoms with Crippen LogP contribution < -0.4 is 20.7 Å². The second-order valence-electron chi connectivity index (χ2n) is 7.07. The van der Waals surface area contributed by atoms with Gasteiger partial charge in [-0.1, -0.05) is 0 Å². The van der Waals surface area contributed by atoms with E-state index in [1.54, 1.807) is 0 Å². The number of nitrogens with zero attached hydrogens (tertiary/aromatic N) is 3. The minimum Gasteiger partial charge on any atom is -0.489 e. The fourth-order valence-electron chi connectivity index (χ4n) is 3.67. The van der Waals surface area contributed by atoms with Crippen LogP contribution in [-0.4, -0.2) is 93.6 Å². The molecule has 0 saturated carbocycles. The quantitative estimate of drug-likeness (QED) is 0.423. The third-order valence-corrected chi connectivity index (χ3v) is 5.21. The molecular weight excluding hydrogens is 330 g/mol. The van der Waals surface area contributed by atoms with Crippen molar-refractivity contribution in [3.05, 3.63) is 18.2 Å². The lowest BCUT2D eigenvalue weighted by Crippen LogP contribution is -2.47. The minimum absolute atomic E-state index is 0.269. The molecule has 4 N–H and O–H groups in total. The third-order valence-electron chi connectivity index (χ3n) is 5.21. The van der Waals surface area contributed by atoms with Gasteiger partial charge in [0.15, 0.2) is 0 Å².